The summed E-state index contributed by atoms with van der Waals surface area (Å²) in [5.41, 5.74) is -1.91. The molecule has 3 saturated heterocycles. The Bertz CT molecular complexity index is 860. The third-order valence-corrected chi connectivity index (χ3v) is 8.25. The number of aliphatic hydroxyl groups is 1. The lowest BCUT2D eigenvalue weighted by atomic mass is 9.66. The van der Waals surface area contributed by atoms with Crippen LogP contribution in [0.3, 0.4) is 0 Å². The molecule has 3 rings (SSSR count). The summed E-state index contributed by atoms with van der Waals surface area (Å²) in [6.07, 6.45) is 6.22. The maximum atomic E-state index is 14.2. The van der Waals surface area contributed by atoms with Crippen molar-refractivity contribution >= 4 is 17.7 Å². The van der Waals surface area contributed by atoms with Crippen molar-refractivity contribution in [2.24, 2.45) is 17.8 Å². The summed E-state index contributed by atoms with van der Waals surface area (Å²) in [6.45, 7) is 16.4. The molecular weight excluding hydrogens is 446 g/mol. The highest BCUT2D eigenvalue weighted by Gasteiger charge is 2.78. The number of nitrogens with zero attached hydrogens (tertiary/aromatic N) is 3. The minimum Gasteiger partial charge on any atom is -0.394 e. The summed E-state index contributed by atoms with van der Waals surface area (Å²) >= 11 is 0. The van der Waals surface area contributed by atoms with Crippen molar-refractivity contribution in [3.8, 4) is 0 Å². The van der Waals surface area contributed by atoms with E-state index >= 15 is 0 Å². The number of likely N-dealkylation sites (tertiary alicyclic amines) is 1. The summed E-state index contributed by atoms with van der Waals surface area (Å²) in [6, 6.07) is -1.44. The predicted molar refractivity (Wildman–Crippen MR) is 134 cm³/mol. The monoisotopic (exact) mass is 489 g/mol. The predicted octanol–water partition coefficient (Wildman–Crippen LogP) is 2.23. The van der Waals surface area contributed by atoms with Gasteiger partial charge in [-0.2, -0.15) is 0 Å². The number of amides is 3. The van der Waals surface area contributed by atoms with Crippen molar-refractivity contribution in [3.63, 3.8) is 0 Å². The van der Waals surface area contributed by atoms with Crippen molar-refractivity contribution < 1.29 is 24.2 Å². The van der Waals surface area contributed by atoms with Gasteiger partial charge in [0.05, 0.1) is 30.1 Å². The van der Waals surface area contributed by atoms with E-state index in [2.05, 4.69) is 20.1 Å². The van der Waals surface area contributed by atoms with Crippen molar-refractivity contribution in [2.75, 3.05) is 33.3 Å². The fourth-order valence-corrected chi connectivity index (χ4v) is 6.49. The van der Waals surface area contributed by atoms with Gasteiger partial charge in [0.25, 0.3) is 0 Å². The second kappa shape index (κ2) is 10.4. The molecule has 0 aliphatic carbocycles. The van der Waals surface area contributed by atoms with Crippen LogP contribution in [-0.2, 0) is 19.1 Å². The topological polar surface area (TPSA) is 90.4 Å². The summed E-state index contributed by atoms with van der Waals surface area (Å²) in [4.78, 5) is 46.9. The molecule has 2 bridgehead atoms. The Morgan fingerprint density at radius 3 is 2.43 bits per heavy atom. The van der Waals surface area contributed by atoms with Crippen LogP contribution in [0.1, 0.15) is 53.4 Å². The lowest BCUT2D eigenvalue weighted by Gasteiger charge is -2.40. The lowest BCUT2D eigenvalue weighted by Crippen LogP contribution is -2.59. The molecule has 8 heteroatoms. The zero-order chi connectivity index (χ0) is 26.1. The van der Waals surface area contributed by atoms with E-state index in [0.717, 1.165) is 12.8 Å². The SMILES string of the molecule is C=CCN(C)C(=O)[C@H]1[C@H]2C(=O)N([C@@H](CO)C(C)C)C(C(=O)N(CC=C)CCCC)C23CC[C@]1(C)O3. The molecule has 3 fully saturated rings. The maximum Gasteiger partial charge on any atom is 0.248 e. The average molecular weight is 490 g/mol. The van der Waals surface area contributed by atoms with E-state index in [0.29, 0.717) is 32.5 Å². The van der Waals surface area contributed by atoms with Crippen LogP contribution < -0.4 is 0 Å². The molecule has 35 heavy (non-hydrogen) atoms. The Hall–Kier alpha value is -2.19. The summed E-state index contributed by atoms with van der Waals surface area (Å²) in [5, 5.41) is 10.3. The van der Waals surface area contributed by atoms with Crippen molar-refractivity contribution in [1.29, 1.82) is 0 Å². The normalized spacial score (nSPS) is 32.0. The van der Waals surface area contributed by atoms with Gasteiger partial charge in [0.15, 0.2) is 0 Å². The Balaban J connectivity index is 2.13. The van der Waals surface area contributed by atoms with Crippen LogP contribution in [-0.4, -0.2) is 94.1 Å². The van der Waals surface area contributed by atoms with Crippen LogP contribution >= 0.6 is 0 Å². The second-order valence-corrected chi connectivity index (χ2v) is 10.9. The van der Waals surface area contributed by atoms with Crippen LogP contribution in [0.2, 0.25) is 0 Å². The van der Waals surface area contributed by atoms with E-state index in [4.69, 9.17) is 4.74 Å². The largest absolute Gasteiger partial charge is 0.394 e. The number of aliphatic hydroxyl groups excluding tert-OH is 1. The first-order valence-corrected chi connectivity index (χ1v) is 12.9. The standard InChI is InChI=1S/C27H43N3O5/c1-8-11-16-29(15-10-3)25(34)22-27-13-12-26(6,35-27)20(23(32)28(7)14-9-2)21(27)24(33)30(22)19(17-31)18(4)5/h9-10,18-22,31H,2-3,8,11-17H2,1,4-7H3/t19-,20+,21-,22?,26-,27?/m0/s1. The molecule has 3 heterocycles. The molecule has 0 aromatic heterocycles. The number of likely N-dealkylation sites (N-methyl/N-ethyl adjacent to an activating group) is 1. The lowest BCUT2D eigenvalue weighted by molar-refractivity contribution is -0.157. The Morgan fingerprint density at radius 1 is 1.23 bits per heavy atom. The van der Waals surface area contributed by atoms with Gasteiger partial charge in [0, 0.05) is 26.7 Å². The number of ether oxygens (including phenoxy) is 1. The molecular formula is C27H43N3O5. The molecule has 3 aliphatic heterocycles. The average Bonchev–Trinajstić information content (AvgIpc) is 3.37. The van der Waals surface area contributed by atoms with Gasteiger partial charge < -0.3 is 24.5 Å². The fourth-order valence-electron chi connectivity index (χ4n) is 6.49. The molecule has 0 aromatic rings. The van der Waals surface area contributed by atoms with Gasteiger partial charge in [-0.05, 0) is 32.1 Å². The molecule has 2 unspecified atom stereocenters. The Kier molecular flexibility index (Phi) is 8.16. The highest BCUT2D eigenvalue weighted by molar-refractivity contribution is 5.99. The van der Waals surface area contributed by atoms with Crippen molar-refractivity contribution in [1.82, 2.24) is 14.7 Å². The Morgan fingerprint density at radius 2 is 1.89 bits per heavy atom. The summed E-state index contributed by atoms with van der Waals surface area (Å²) < 4.78 is 6.68. The first kappa shape index (κ1) is 27.4. The molecule has 6 atom stereocenters. The third-order valence-electron chi connectivity index (χ3n) is 8.25. The molecule has 1 spiro atoms. The minimum atomic E-state index is -1.09. The summed E-state index contributed by atoms with van der Waals surface area (Å²) in [7, 11) is 1.70. The zero-order valence-corrected chi connectivity index (χ0v) is 22.0. The van der Waals surface area contributed by atoms with Gasteiger partial charge in [-0.3, -0.25) is 14.4 Å². The van der Waals surface area contributed by atoms with E-state index in [1.54, 1.807) is 33.9 Å². The molecule has 3 aliphatic rings. The molecule has 0 saturated carbocycles. The second-order valence-electron chi connectivity index (χ2n) is 10.9. The Labute approximate surface area is 210 Å². The van der Waals surface area contributed by atoms with E-state index in [-0.39, 0.29) is 30.2 Å². The fraction of sp³-hybridized carbons (Fsp3) is 0.741. The maximum absolute atomic E-state index is 14.2. The van der Waals surface area contributed by atoms with Crippen LogP contribution in [0.15, 0.2) is 25.3 Å². The molecule has 3 amide bonds. The number of rotatable bonds is 12. The first-order chi connectivity index (χ1) is 16.5. The molecule has 0 aromatic carbocycles. The highest BCUT2D eigenvalue weighted by atomic mass is 16.5. The van der Waals surface area contributed by atoms with E-state index < -0.39 is 35.1 Å². The molecule has 1 N–H and O–H groups in total. The van der Waals surface area contributed by atoms with Gasteiger partial charge in [-0.1, -0.05) is 39.3 Å². The van der Waals surface area contributed by atoms with Gasteiger partial charge in [0.1, 0.15) is 11.6 Å². The van der Waals surface area contributed by atoms with Crippen LogP contribution in [0.25, 0.3) is 0 Å². The van der Waals surface area contributed by atoms with Crippen molar-refractivity contribution in [2.45, 2.75) is 76.7 Å². The van der Waals surface area contributed by atoms with Gasteiger partial charge >= 0.3 is 0 Å². The number of hydrogen-bond acceptors (Lipinski definition) is 5. The molecule has 8 nitrogen and oxygen atoms in total. The molecule has 196 valence electrons. The van der Waals surface area contributed by atoms with Gasteiger partial charge in [-0.25, -0.2) is 0 Å². The number of carbonyl (C=O) groups excluding carboxylic acids is 3. The number of unbranched alkanes of at least 4 members (excludes halogenated alkanes) is 1. The quantitative estimate of drug-likeness (QED) is 0.425. The zero-order valence-electron chi connectivity index (χ0n) is 22.0. The number of fused-ring (bicyclic) bond motifs is 1. The van der Waals surface area contributed by atoms with Crippen LogP contribution in [0, 0.1) is 17.8 Å². The molecule has 0 radical (unpaired) electrons. The summed E-state index contributed by atoms with van der Waals surface area (Å²) in [5.74, 6) is -2.16. The van der Waals surface area contributed by atoms with Crippen LogP contribution in [0.4, 0.5) is 0 Å². The first-order valence-electron chi connectivity index (χ1n) is 12.9. The van der Waals surface area contributed by atoms with Crippen molar-refractivity contribution in [3.05, 3.63) is 25.3 Å². The number of hydrogen-bond donors (Lipinski definition) is 1. The van der Waals surface area contributed by atoms with E-state index in [1.807, 2.05) is 20.8 Å². The number of carbonyl (C=O) groups is 3. The third kappa shape index (κ3) is 4.33. The minimum absolute atomic E-state index is 0.0802. The van der Waals surface area contributed by atoms with Gasteiger partial charge in [-0.15, -0.1) is 13.2 Å². The van der Waals surface area contributed by atoms with E-state index in [1.165, 1.54) is 0 Å². The van der Waals surface area contributed by atoms with E-state index in [9.17, 15) is 19.5 Å². The van der Waals surface area contributed by atoms with Crippen LogP contribution in [0.5, 0.6) is 0 Å². The van der Waals surface area contributed by atoms with Gasteiger partial charge in [0.2, 0.25) is 17.7 Å². The smallest absolute Gasteiger partial charge is 0.248 e. The highest BCUT2D eigenvalue weighted by Crippen LogP contribution is 2.64.